The Hall–Kier alpha value is -3.18. The van der Waals surface area contributed by atoms with E-state index in [1.54, 1.807) is 35.0 Å². The van der Waals surface area contributed by atoms with E-state index in [1.807, 2.05) is 37.3 Å². The molecule has 0 aliphatic carbocycles. The Morgan fingerprint density at radius 1 is 1.11 bits per heavy atom. The molecule has 0 aliphatic rings. The van der Waals surface area contributed by atoms with Gasteiger partial charge < -0.3 is 5.32 Å². The number of hydrogen-bond donors (Lipinski definition) is 1. The number of amides is 1. The minimum absolute atomic E-state index is 0.0181. The van der Waals surface area contributed by atoms with Crippen LogP contribution < -0.4 is 5.32 Å². The van der Waals surface area contributed by atoms with Crippen molar-refractivity contribution in [2.45, 2.75) is 20.4 Å². The van der Waals surface area contributed by atoms with Crippen molar-refractivity contribution >= 4 is 35.1 Å². The first-order valence-electron chi connectivity index (χ1n) is 8.81. The van der Waals surface area contributed by atoms with E-state index in [0.29, 0.717) is 28.5 Å². The van der Waals surface area contributed by atoms with Gasteiger partial charge in [-0.25, -0.2) is 4.68 Å². The lowest BCUT2D eigenvalue weighted by Gasteiger charge is -2.03. The van der Waals surface area contributed by atoms with E-state index >= 15 is 0 Å². The van der Waals surface area contributed by atoms with E-state index in [0.717, 1.165) is 11.3 Å². The maximum Gasteiger partial charge on any atom is 0.248 e. The van der Waals surface area contributed by atoms with E-state index in [1.165, 1.54) is 13.0 Å². The third-order valence-corrected chi connectivity index (χ3v) is 4.64. The third kappa shape index (κ3) is 4.75. The molecular weight excluding hydrogens is 374 g/mol. The third-order valence-electron chi connectivity index (χ3n) is 4.24. The van der Waals surface area contributed by atoms with E-state index < -0.39 is 0 Å². The summed E-state index contributed by atoms with van der Waals surface area (Å²) in [4.78, 5) is 23.5. The number of ketones is 1. The van der Waals surface area contributed by atoms with Crippen molar-refractivity contribution in [3.63, 3.8) is 0 Å². The summed E-state index contributed by atoms with van der Waals surface area (Å²) < 4.78 is 1.71. The summed E-state index contributed by atoms with van der Waals surface area (Å²) in [6.45, 7) is 3.91. The maximum atomic E-state index is 12.2. The fourth-order valence-corrected chi connectivity index (χ4v) is 3.05. The zero-order valence-electron chi connectivity index (χ0n) is 15.6. The second-order valence-electron chi connectivity index (χ2n) is 6.39. The van der Waals surface area contributed by atoms with Crippen LogP contribution in [0.15, 0.2) is 60.7 Å². The molecular formula is C22H20ClN3O2. The lowest BCUT2D eigenvalue weighted by atomic mass is 10.1. The molecule has 28 heavy (non-hydrogen) atoms. The molecule has 6 heteroatoms. The summed E-state index contributed by atoms with van der Waals surface area (Å²) in [5.74, 6) is -0.308. The molecule has 0 unspecified atom stereocenters. The summed E-state index contributed by atoms with van der Waals surface area (Å²) in [6, 6.07) is 16.6. The molecule has 2 aromatic carbocycles. The van der Waals surface area contributed by atoms with Gasteiger partial charge in [0.05, 0.1) is 12.2 Å². The Bertz CT molecular complexity index is 1020. The Morgan fingerprint density at radius 3 is 2.43 bits per heavy atom. The van der Waals surface area contributed by atoms with Crippen LogP contribution in [0.1, 0.15) is 34.1 Å². The van der Waals surface area contributed by atoms with Gasteiger partial charge in [-0.15, -0.1) is 0 Å². The van der Waals surface area contributed by atoms with Crippen LogP contribution in [0.5, 0.6) is 0 Å². The minimum Gasteiger partial charge on any atom is -0.323 e. The normalized spacial score (nSPS) is 11.0. The van der Waals surface area contributed by atoms with Gasteiger partial charge >= 0.3 is 0 Å². The Kier molecular flexibility index (Phi) is 6.06. The Morgan fingerprint density at radius 2 is 1.79 bits per heavy atom. The Labute approximate surface area is 168 Å². The van der Waals surface area contributed by atoms with Crippen LogP contribution in [0.4, 0.5) is 5.69 Å². The highest BCUT2D eigenvalue weighted by molar-refractivity contribution is 6.31. The molecule has 1 N–H and O–H groups in total. The first-order chi connectivity index (χ1) is 13.4. The van der Waals surface area contributed by atoms with E-state index in [-0.39, 0.29) is 11.7 Å². The van der Waals surface area contributed by atoms with E-state index in [9.17, 15) is 9.59 Å². The number of hydrogen-bond acceptors (Lipinski definition) is 3. The van der Waals surface area contributed by atoms with Gasteiger partial charge in [0.2, 0.25) is 5.91 Å². The quantitative estimate of drug-likeness (QED) is 0.485. The average Bonchev–Trinajstić information content (AvgIpc) is 2.94. The predicted octanol–water partition coefficient (Wildman–Crippen LogP) is 4.75. The molecule has 0 fully saturated rings. The highest BCUT2D eigenvalue weighted by Gasteiger charge is 2.12. The van der Waals surface area contributed by atoms with Crippen LogP contribution in [0, 0.1) is 6.92 Å². The minimum atomic E-state index is -0.290. The SMILES string of the molecule is CC(=O)c1ccc(NC(=O)/C=C/c2c(C)nn(Cc3ccccc3)c2Cl)cc1. The molecule has 0 saturated heterocycles. The molecule has 0 saturated carbocycles. The molecule has 1 aromatic heterocycles. The maximum absolute atomic E-state index is 12.2. The predicted molar refractivity (Wildman–Crippen MR) is 112 cm³/mol. The number of aryl methyl sites for hydroxylation is 1. The molecule has 1 heterocycles. The monoisotopic (exact) mass is 393 g/mol. The largest absolute Gasteiger partial charge is 0.323 e. The summed E-state index contributed by atoms with van der Waals surface area (Å²) >= 11 is 6.46. The van der Waals surface area contributed by atoms with Crippen LogP contribution in [-0.2, 0) is 11.3 Å². The number of aromatic nitrogens is 2. The van der Waals surface area contributed by atoms with Gasteiger partial charge in [0.15, 0.2) is 5.78 Å². The number of carbonyl (C=O) groups is 2. The number of benzene rings is 2. The molecule has 3 aromatic rings. The van der Waals surface area contributed by atoms with Crippen molar-refractivity contribution < 1.29 is 9.59 Å². The summed E-state index contributed by atoms with van der Waals surface area (Å²) in [5, 5.41) is 7.70. The van der Waals surface area contributed by atoms with Gasteiger partial charge in [0.25, 0.3) is 0 Å². The second-order valence-corrected chi connectivity index (χ2v) is 6.75. The van der Waals surface area contributed by atoms with Crippen LogP contribution in [0.3, 0.4) is 0 Å². The van der Waals surface area contributed by atoms with Crippen molar-refractivity contribution in [3.8, 4) is 0 Å². The van der Waals surface area contributed by atoms with Gasteiger partial charge in [0.1, 0.15) is 5.15 Å². The van der Waals surface area contributed by atoms with Gasteiger partial charge in [-0.2, -0.15) is 5.10 Å². The van der Waals surface area contributed by atoms with Crippen LogP contribution in [0.2, 0.25) is 5.15 Å². The van der Waals surface area contributed by atoms with Crippen LogP contribution in [-0.4, -0.2) is 21.5 Å². The van der Waals surface area contributed by atoms with Crippen molar-refractivity contribution in [2.24, 2.45) is 0 Å². The summed E-state index contributed by atoms with van der Waals surface area (Å²) in [5.41, 5.74) is 3.76. The van der Waals surface area contributed by atoms with Crippen LogP contribution in [0.25, 0.3) is 6.08 Å². The standard InChI is InChI=1S/C22H20ClN3O2/c1-15-20(22(23)26(25-15)14-17-6-4-3-5-7-17)12-13-21(28)24-19-10-8-18(9-11-19)16(2)27/h3-13H,14H2,1-2H3,(H,24,28)/b13-12+. The topological polar surface area (TPSA) is 64.0 Å². The van der Waals surface area contributed by atoms with E-state index in [2.05, 4.69) is 10.4 Å². The molecule has 1 amide bonds. The number of nitrogens with zero attached hydrogens (tertiary/aromatic N) is 2. The summed E-state index contributed by atoms with van der Waals surface area (Å²) in [6.07, 6.45) is 3.08. The number of nitrogens with one attached hydrogen (secondary N) is 1. The number of rotatable bonds is 6. The highest BCUT2D eigenvalue weighted by atomic mass is 35.5. The fraction of sp³-hybridized carbons (Fsp3) is 0.136. The second kappa shape index (κ2) is 8.67. The van der Waals surface area contributed by atoms with Crippen molar-refractivity contribution in [1.29, 1.82) is 0 Å². The zero-order chi connectivity index (χ0) is 20.1. The number of anilines is 1. The van der Waals surface area contributed by atoms with Crippen molar-refractivity contribution in [2.75, 3.05) is 5.32 Å². The molecule has 142 valence electrons. The zero-order valence-corrected chi connectivity index (χ0v) is 16.4. The lowest BCUT2D eigenvalue weighted by Crippen LogP contribution is -2.07. The molecule has 5 nitrogen and oxygen atoms in total. The number of carbonyl (C=O) groups excluding carboxylic acids is 2. The molecule has 0 bridgehead atoms. The molecule has 0 spiro atoms. The van der Waals surface area contributed by atoms with Crippen molar-refractivity contribution in [1.82, 2.24) is 9.78 Å². The Balaban J connectivity index is 1.69. The van der Waals surface area contributed by atoms with Crippen molar-refractivity contribution in [3.05, 3.63) is 88.2 Å². The molecule has 0 atom stereocenters. The number of halogens is 1. The smallest absolute Gasteiger partial charge is 0.248 e. The molecule has 0 radical (unpaired) electrons. The van der Waals surface area contributed by atoms with E-state index in [4.69, 9.17) is 11.6 Å². The molecule has 0 aliphatic heterocycles. The number of Topliss-reactive ketones (excluding diaryl/α,β-unsaturated/α-hetero) is 1. The fourth-order valence-electron chi connectivity index (χ4n) is 2.75. The van der Waals surface area contributed by atoms with Gasteiger partial charge in [-0.1, -0.05) is 41.9 Å². The van der Waals surface area contributed by atoms with Gasteiger partial charge in [0, 0.05) is 22.9 Å². The first-order valence-corrected chi connectivity index (χ1v) is 9.18. The van der Waals surface area contributed by atoms with Crippen LogP contribution >= 0.6 is 11.6 Å². The highest BCUT2D eigenvalue weighted by Crippen LogP contribution is 2.22. The average molecular weight is 394 g/mol. The first kappa shape index (κ1) is 19.6. The van der Waals surface area contributed by atoms with Gasteiger partial charge in [-0.3, -0.25) is 9.59 Å². The molecule has 3 rings (SSSR count). The lowest BCUT2D eigenvalue weighted by molar-refractivity contribution is -0.111. The van der Waals surface area contributed by atoms with Gasteiger partial charge in [-0.05, 0) is 49.8 Å². The summed E-state index contributed by atoms with van der Waals surface area (Å²) in [7, 11) is 0.